The molecular weight excluding hydrogens is 340 g/mol. The predicted molar refractivity (Wildman–Crippen MR) is 87.7 cm³/mol. The Morgan fingerprint density at radius 2 is 1.79 bits per heavy atom. The molecule has 1 amide bonds. The molecule has 0 unspecified atom stereocenters. The molecule has 0 heterocycles. The number of anilines is 2. The average Bonchev–Trinajstić information content (AvgIpc) is 2.55. The molecule has 0 saturated carbocycles. The zero-order valence-electron chi connectivity index (χ0n) is 13.3. The minimum atomic E-state index is -0.797. The number of esters is 2. The number of halogens is 1. The summed E-state index contributed by atoms with van der Waals surface area (Å²) in [5.74, 6) is -1.95. The van der Waals surface area contributed by atoms with Crippen molar-refractivity contribution in [2.45, 2.75) is 0 Å². The standard InChI is InChI=1S/C15H17ClN2O6/c1-22-8-13(19)18-10-5-4-9(16)6-11(10)17-12(15(21)24-3)7-14(20)23-2/h4-7,17H,8H2,1-3H3,(H,18,19)/b12-7+. The summed E-state index contributed by atoms with van der Waals surface area (Å²) in [6.07, 6.45) is 0.924. The second-order valence-electron chi connectivity index (χ2n) is 4.37. The van der Waals surface area contributed by atoms with Crippen molar-refractivity contribution < 1.29 is 28.6 Å². The minimum Gasteiger partial charge on any atom is -0.466 e. The van der Waals surface area contributed by atoms with Crippen molar-refractivity contribution in [1.29, 1.82) is 0 Å². The molecule has 0 fully saturated rings. The van der Waals surface area contributed by atoms with Gasteiger partial charge in [-0.15, -0.1) is 0 Å². The largest absolute Gasteiger partial charge is 0.466 e. The molecule has 130 valence electrons. The van der Waals surface area contributed by atoms with Crippen molar-refractivity contribution in [3.05, 3.63) is 35.0 Å². The van der Waals surface area contributed by atoms with E-state index in [1.165, 1.54) is 26.4 Å². The second kappa shape index (κ2) is 9.53. The van der Waals surface area contributed by atoms with Crippen molar-refractivity contribution >= 4 is 40.8 Å². The molecule has 2 N–H and O–H groups in total. The van der Waals surface area contributed by atoms with Crippen molar-refractivity contribution in [3.63, 3.8) is 0 Å². The van der Waals surface area contributed by atoms with Crippen LogP contribution in [0.2, 0.25) is 5.02 Å². The maximum atomic E-state index is 11.8. The Kier molecular flexibility index (Phi) is 7.73. The molecule has 1 aromatic carbocycles. The molecule has 0 radical (unpaired) electrons. The van der Waals surface area contributed by atoms with Gasteiger partial charge in [0.15, 0.2) is 0 Å². The first kappa shape index (κ1) is 19.5. The van der Waals surface area contributed by atoms with E-state index < -0.39 is 17.8 Å². The zero-order chi connectivity index (χ0) is 18.1. The summed E-state index contributed by atoms with van der Waals surface area (Å²) < 4.78 is 13.8. The smallest absolute Gasteiger partial charge is 0.354 e. The highest BCUT2D eigenvalue weighted by Crippen LogP contribution is 2.27. The van der Waals surface area contributed by atoms with Gasteiger partial charge in [-0.2, -0.15) is 0 Å². The third-order valence-electron chi connectivity index (χ3n) is 2.67. The highest BCUT2D eigenvalue weighted by Gasteiger charge is 2.16. The normalized spacial score (nSPS) is 10.8. The van der Waals surface area contributed by atoms with E-state index in [0.29, 0.717) is 10.7 Å². The zero-order valence-corrected chi connectivity index (χ0v) is 14.1. The van der Waals surface area contributed by atoms with Crippen LogP contribution in [0.25, 0.3) is 0 Å². The number of ether oxygens (including phenoxy) is 3. The highest BCUT2D eigenvalue weighted by atomic mass is 35.5. The Bertz CT molecular complexity index is 659. The van der Waals surface area contributed by atoms with Crippen LogP contribution in [0, 0.1) is 0 Å². The first-order chi connectivity index (χ1) is 11.4. The van der Waals surface area contributed by atoms with Gasteiger partial charge in [0.2, 0.25) is 5.91 Å². The van der Waals surface area contributed by atoms with Crippen molar-refractivity contribution in [1.82, 2.24) is 0 Å². The molecule has 1 aromatic rings. The molecule has 24 heavy (non-hydrogen) atoms. The SMILES string of the molecule is COCC(=O)Nc1ccc(Cl)cc1N/C(=C/C(=O)OC)C(=O)OC. The Balaban J connectivity index is 3.15. The fourth-order valence-corrected chi connectivity index (χ4v) is 1.80. The maximum Gasteiger partial charge on any atom is 0.354 e. The molecular formula is C15H17ClN2O6. The lowest BCUT2D eigenvalue weighted by Gasteiger charge is -2.14. The molecule has 0 aliphatic heterocycles. The fraction of sp³-hybridized carbons (Fsp3) is 0.267. The van der Waals surface area contributed by atoms with Gasteiger partial charge < -0.3 is 24.8 Å². The van der Waals surface area contributed by atoms with E-state index >= 15 is 0 Å². The van der Waals surface area contributed by atoms with E-state index in [2.05, 4.69) is 20.1 Å². The van der Waals surface area contributed by atoms with Crippen LogP contribution in [-0.2, 0) is 28.6 Å². The molecule has 0 aliphatic carbocycles. The summed E-state index contributed by atoms with van der Waals surface area (Å²) in [6.45, 7) is -0.149. The van der Waals surface area contributed by atoms with E-state index in [1.807, 2.05) is 0 Å². The van der Waals surface area contributed by atoms with Crippen molar-refractivity contribution in [3.8, 4) is 0 Å². The Labute approximate surface area is 143 Å². The van der Waals surface area contributed by atoms with Gasteiger partial charge in [-0.25, -0.2) is 9.59 Å². The summed E-state index contributed by atoms with van der Waals surface area (Å²) in [4.78, 5) is 34.8. The average molecular weight is 357 g/mol. The number of carbonyl (C=O) groups excluding carboxylic acids is 3. The number of amides is 1. The minimum absolute atomic E-state index is 0.149. The van der Waals surface area contributed by atoms with E-state index in [-0.39, 0.29) is 18.0 Å². The predicted octanol–water partition coefficient (Wildman–Crippen LogP) is 1.57. The van der Waals surface area contributed by atoms with Gasteiger partial charge in [0.05, 0.1) is 31.7 Å². The Hall–Kier alpha value is -2.58. The number of carbonyl (C=O) groups is 3. The van der Waals surface area contributed by atoms with Crippen LogP contribution in [0.1, 0.15) is 0 Å². The second-order valence-corrected chi connectivity index (χ2v) is 4.81. The van der Waals surface area contributed by atoms with Crippen LogP contribution >= 0.6 is 11.6 Å². The van der Waals surface area contributed by atoms with Gasteiger partial charge in [-0.1, -0.05) is 11.6 Å². The third-order valence-corrected chi connectivity index (χ3v) is 2.90. The van der Waals surface area contributed by atoms with Crippen LogP contribution in [0.5, 0.6) is 0 Å². The van der Waals surface area contributed by atoms with E-state index in [4.69, 9.17) is 16.3 Å². The molecule has 8 nitrogen and oxygen atoms in total. The number of rotatable bonds is 7. The van der Waals surface area contributed by atoms with Gasteiger partial charge in [0, 0.05) is 12.1 Å². The lowest BCUT2D eigenvalue weighted by molar-refractivity contribution is -0.138. The summed E-state index contributed by atoms with van der Waals surface area (Å²) in [6, 6.07) is 4.56. The number of methoxy groups -OCH3 is 3. The van der Waals surface area contributed by atoms with Crippen molar-refractivity contribution in [2.24, 2.45) is 0 Å². The van der Waals surface area contributed by atoms with Crippen LogP contribution in [0.3, 0.4) is 0 Å². The molecule has 0 aliphatic rings. The quantitative estimate of drug-likeness (QED) is 0.564. The van der Waals surface area contributed by atoms with Gasteiger partial charge >= 0.3 is 11.9 Å². The van der Waals surface area contributed by atoms with Crippen molar-refractivity contribution in [2.75, 3.05) is 38.6 Å². The molecule has 0 spiro atoms. The number of nitrogens with one attached hydrogen (secondary N) is 2. The van der Waals surface area contributed by atoms with Crippen LogP contribution in [-0.4, -0.2) is 45.8 Å². The summed E-state index contributed by atoms with van der Waals surface area (Å²) in [7, 11) is 3.72. The number of hydrogen-bond acceptors (Lipinski definition) is 7. The lowest BCUT2D eigenvalue weighted by atomic mass is 10.2. The first-order valence-electron chi connectivity index (χ1n) is 6.64. The maximum absolute atomic E-state index is 11.8. The van der Waals surface area contributed by atoms with E-state index in [0.717, 1.165) is 13.2 Å². The van der Waals surface area contributed by atoms with Crippen LogP contribution in [0.4, 0.5) is 11.4 Å². The molecule has 0 saturated heterocycles. The fourth-order valence-electron chi connectivity index (χ4n) is 1.62. The summed E-state index contributed by atoms with van der Waals surface area (Å²) in [5.41, 5.74) is 0.433. The Morgan fingerprint density at radius 3 is 2.38 bits per heavy atom. The third kappa shape index (κ3) is 5.90. The molecule has 0 atom stereocenters. The number of benzene rings is 1. The number of hydrogen-bond donors (Lipinski definition) is 2. The molecule has 0 bridgehead atoms. The summed E-state index contributed by atoms with van der Waals surface area (Å²) in [5, 5.41) is 5.64. The molecule has 0 aromatic heterocycles. The molecule has 9 heteroatoms. The van der Waals surface area contributed by atoms with Gasteiger partial charge in [0.1, 0.15) is 12.3 Å². The van der Waals surface area contributed by atoms with Gasteiger partial charge in [0.25, 0.3) is 0 Å². The van der Waals surface area contributed by atoms with Crippen LogP contribution in [0.15, 0.2) is 30.0 Å². The van der Waals surface area contributed by atoms with E-state index in [9.17, 15) is 14.4 Å². The van der Waals surface area contributed by atoms with Gasteiger partial charge in [-0.3, -0.25) is 4.79 Å². The van der Waals surface area contributed by atoms with E-state index in [1.54, 1.807) is 6.07 Å². The highest BCUT2D eigenvalue weighted by molar-refractivity contribution is 6.31. The Morgan fingerprint density at radius 1 is 1.08 bits per heavy atom. The van der Waals surface area contributed by atoms with Gasteiger partial charge in [-0.05, 0) is 18.2 Å². The molecule has 1 rings (SSSR count). The topological polar surface area (TPSA) is 103 Å². The summed E-state index contributed by atoms with van der Waals surface area (Å²) >= 11 is 5.94. The lowest BCUT2D eigenvalue weighted by Crippen LogP contribution is -2.20. The monoisotopic (exact) mass is 356 g/mol. The van der Waals surface area contributed by atoms with Crippen LogP contribution < -0.4 is 10.6 Å². The first-order valence-corrected chi connectivity index (χ1v) is 7.02.